The Kier molecular flexibility index (Phi) is 3.66. The highest BCUT2D eigenvalue weighted by Crippen LogP contribution is 2.27. The Hall–Kier alpha value is -1.82. The van der Waals surface area contributed by atoms with Gasteiger partial charge in [0.05, 0.1) is 11.6 Å². The lowest BCUT2D eigenvalue weighted by atomic mass is 9.97. The molecule has 0 fully saturated rings. The quantitative estimate of drug-likeness (QED) is 0.775. The zero-order valence-corrected chi connectivity index (χ0v) is 11.1. The topological polar surface area (TPSA) is 70.2 Å². The maximum Gasteiger partial charge on any atom is 0.319 e. The van der Waals surface area contributed by atoms with Crippen molar-refractivity contribution in [2.75, 3.05) is 6.54 Å². The summed E-state index contributed by atoms with van der Waals surface area (Å²) in [6, 6.07) is 1.25. The molecule has 2 heterocycles. The Morgan fingerprint density at radius 2 is 2.33 bits per heavy atom. The average molecular weight is 265 g/mol. The Balaban J connectivity index is 2.38. The van der Waals surface area contributed by atoms with Crippen LogP contribution in [0, 0.1) is 0 Å². The summed E-state index contributed by atoms with van der Waals surface area (Å²) in [4.78, 5) is 23.6. The summed E-state index contributed by atoms with van der Waals surface area (Å²) in [7, 11) is 0. The van der Waals surface area contributed by atoms with E-state index in [-0.39, 0.29) is 18.0 Å². The summed E-state index contributed by atoms with van der Waals surface area (Å²) >= 11 is 1.54. The number of thiophene rings is 1. The van der Waals surface area contributed by atoms with Crippen LogP contribution in [0.5, 0.6) is 0 Å². The van der Waals surface area contributed by atoms with Crippen LogP contribution in [0.25, 0.3) is 0 Å². The summed E-state index contributed by atoms with van der Waals surface area (Å²) in [6.07, 6.45) is 0. The zero-order chi connectivity index (χ0) is 13.1. The number of likely N-dealkylation sites (N-methyl/N-ethyl adjacent to an activating group) is 1. The number of allylic oxidation sites excluding steroid dienone is 1. The van der Waals surface area contributed by atoms with Crippen molar-refractivity contribution in [1.82, 2.24) is 16.0 Å². The van der Waals surface area contributed by atoms with E-state index in [1.54, 1.807) is 6.92 Å². The second kappa shape index (κ2) is 5.22. The standard InChI is InChI=1S/C12H15N3O2S/c1-3-13-11(16)9-7(2)14-12(17)15-10(9)8-4-5-18-6-8/h4-6,10H,3H2,1-2H3,(H,13,16)(H2,14,15,17). The second-order valence-electron chi connectivity index (χ2n) is 3.99. The van der Waals surface area contributed by atoms with Crippen LogP contribution in [0.4, 0.5) is 4.79 Å². The molecule has 0 bridgehead atoms. The molecular formula is C12H15N3O2S. The first-order valence-electron chi connectivity index (χ1n) is 5.72. The Morgan fingerprint density at radius 3 is 2.94 bits per heavy atom. The van der Waals surface area contributed by atoms with Gasteiger partial charge in [0.2, 0.25) is 0 Å². The molecule has 6 heteroatoms. The third-order valence-electron chi connectivity index (χ3n) is 2.73. The minimum absolute atomic E-state index is 0.154. The zero-order valence-electron chi connectivity index (χ0n) is 10.2. The van der Waals surface area contributed by atoms with Gasteiger partial charge in [-0.15, -0.1) is 0 Å². The molecule has 1 aromatic heterocycles. The van der Waals surface area contributed by atoms with Crippen LogP contribution >= 0.6 is 11.3 Å². The molecule has 1 atom stereocenters. The summed E-state index contributed by atoms with van der Waals surface area (Å²) in [6.45, 7) is 4.16. The van der Waals surface area contributed by atoms with Crippen molar-refractivity contribution in [3.63, 3.8) is 0 Å². The first kappa shape index (κ1) is 12.6. The van der Waals surface area contributed by atoms with Gasteiger partial charge in [-0.1, -0.05) is 0 Å². The number of hydrogen-bond acceptors (Lipinski definition) is 3. The molecule has 2 rings (SSSR count). The molecule has 0 saturated heterocycles. The van der Waals surface area contributed by atoms with E-state index in [0.29, 0.717) is 17.8 Å². The fourth-order valence-electron chi connectivity index (χ4n) is 1.94. The number of carbonyl (C=O) groups is 2. The van der Waals surface area contributed by atoms with E-state index < -0.39 is 0 Å². The number of rotatable bonds is 3. The van der Waals surface area contributed by atoms with Gasteiger partial charge in [-0.05, 0) is 36.2 Å². The van der Waals surface area contributed by atoms with Crippen LogP contribution < -0.4 is 16.0 Å². The van der Waals surface area contributed by atoms with Crippen LogP contribution in [-0.2, 0) is 4.79 Å². The van der Waals surface area contributed by atoms with E-state index in [9.17, 15) is 9.59 Å². The molecule has 0 radical (unpaired) electrons. The number of urea groups is 1. The number of amides is 3. The first-order chi connectivity index (χ1) is 8.63. The fraction of sp³-hybridized carbons (Fsp3) is 0.333. The third-order valence-corrected chi connectivity index (χ3v) is 3.43. The molecule has 3 amide bonds. The van der Waals surface area contributed by atoms with E-state index in [2.05, 4.69) is 16.0 Å². The van der Waals surface area contributed by atoms with Crippen LogP contribution in [0.1, 0.15) is 25.5 Å². The number of nitrogens with one attached hydrogen (secondary N) is 3. The third kappa shape index (κ3) is 2.38. The second-order valence-corrected chi connectivity index (χ2v) is 4.77. The maximum atomic E-state index is 12.1. The van der Waals surface area contributed by atoms with Crippen molar-refractivity contribution in [3.8, 4) is 0 Å². The van der Waals surface area contributed by atoms with Crippen LogP contribution in [-0.4, -0.2) is 18.5 Å². The first-order valence-corrected chi connectivity index (χ1v) is 6.66. The Morgan fingerprint density at radius 1 is 1.56 bits per heavy atom. The van der Waals surface area contributed by atoms with Gasteiger partial charge in [0, 0.05) is 12.2 Å². The Labute approximate surface area is 109 Å². The molecule has 1 aromatic rings. The van der Waals surface area contributed by atoms with Gasteiger partial charge in [-0.3, -0.25) is 4.79 Å². The highest BCUT2D eigenvalue weighted by Gasteiger charge is 2.30. The predicted octanol–water partition coefficient (Wildman–Crippen LogP) is 1.51. The summed E-state index contributed by atoms with van der Waals surface area (Å²) < 4.78 is 0. The molecule has 0 aromatic carbocycles. The lowest BCUT2D eigenvalue weighted by Gasteiger charge is -2.27. The van der Waals surface area contributed by atoms with Crippen LogP contribution in [0.2, 0.25) is 0 Å². The molecule has 1 aliphatic heterocycles. The lowest BCUT2D eigenvalue weighted by molar-refractivity contribution is -0.117. The molecule has 3 N–H and O–H groups in total. The largest absolute Gasteiger partial charge is 0.352 e. The van der Waals surface area contributed by atoms with Crippen molar-refractivity contribution in [1.29, 1.82) is 0 Å². The number of carbonyl (C=O) groups excluding carboxylic acids is 2. The smallest absolute Gasteiger partial charge is 0.319 e. The van der Waals surface area contributed by atoms with E-state index in [1.165, 1.54) is 11.3 Å². The van der Waals surface area contributed by atoms with Gasteiger partial charge in [-0.25, -0.2) is 4.79 Å². The van der Waals surface area contributed by atoms with Crippen molar-refractivity contribution in [3.05, 3.63) is 33.7 Å². The minimum atomic E-state index is -0.378. The van der Waals surface area contributed by atoms with Crippen LogP contribution in [0.15, 0.2) is 28.1 Å². The Bertz CT molecular complexity index is 493. The molecule has 96 valence electrons. The van der Waals surface area contributed by atoms with Gasteiger partial charge in [0.25, 0.3) is 5.91 Å². The van der Waals surface area contributed by atoms with Crippen LogP contribution in [0.3, 0.4) is 0 Å². The van der Waals surface area contributed by atoms with Gasteiger partial charge >= 0.3 is 6.03 Å². The minimum Gasteiger partial charge on any atom is -0.352 e. The molecule has 0 aliphatic carbocycles. The molecular weight excluding hydrogens is 250 g/mol. The SMILES string of the molecule is CCNC(=O)C1=C(C)NC(=O)NC1c1ccsc1. The average Bonchev–Trinajstić information content (AvgIpc) is 2.81. The van der Waals surface area contributed by atoms with E-state index in [0.717, 1.165) is 5.56 Å². The maximum absolute atomic E-state index is 12.1. The van der Waals surface area contributed by atoms with Crippen molar-refractivity contribution >= 4 is 23.3 Å². The predicted molar refractivity (Wildman–Crippen MR) is 70.1 cm³/mol. The summed E-state index contributed by atoms with van der Waals surface area (Å²) in [5, 5.41) is 12.0. The van der Waals surface area contributed by atoms with Crippen molar-refractivity contribution in [2.45, 2.75) is 19.9 Å². The molecule has 18 heavy (non-hydrogen) atoms. The monoisotopic (exact) mass is 265 g/mol. The van der Waals surface area contributed by atoms with E-state index >= 15 is 0 Å². The normalized spacial score (nSPS) is 19.2. The van der Waals surface area contributed by atoms with E-state index in [1.807, 2.05) is 23.8 Å². The van der Waals surface area contributed by atoms with E-state index in [4.69, 9.17) is 0 Å². The molecule has 1 unspecified atom stereocenters. The number of hydrogen-bond donors (Lipinski definition) is 3. The lowest BCUT2D eigenvalue weighted by Crippen LogP contribution is -2.46. The molecule has 0 spiro atoms. The van der Waals surface area contributed by atoms with Gasteiger partial charge < -0.3 is 16.0 Å². The molecule has 5 nitrogen and oxygen atoms in total. The van der Waals surface area contributed by atoms with Crippen molar-refractivity contribution in [2.24, 2.45) is 0 Å². The van der Waals surface area contributed by atoms with Crippen molar-refractivity contribution < 1.29 is 9.59 Å². The molecule has 0 saturated carbocycles. The fourth-order valence-corrected chi connectivity index (χ4v) is 2.63. The highest BCUT2D eigenvalue weighted by molar-refractivity contribution is 7.08. The summed E-state index contributed by atoms with van der Waals surface area (Å²) in [5.74, 6) is -0.154. The highest BCUT2D eigenvalue weighted by atomic mass is 32.1. The van der Waals surface area contributed by atoms with Gasteiger partial charge in [-0.2, -0.15) is 11.3 Å². The summed E-state index contributed by atoms with van der Waals surface area (Å²) in [5.41, 5.74) is 2.09. The molecule has 1 aliphatic rings. The van der Waals surface area contributed by atoms with Gasteiger partial charge in [0.15, 0.2) is 0 Å². The van der Waals surface area contributed by atoms with Gasteiger partial charge in [0.1, 0.15) is 0 Å².